The predicted molar refractivity (Wildman–Crippen MR) is 69.1 cm³/mol. The van der Waals surface area contributed by atoms with Gasteiger partial charge in [-0.3, -0.25) is 4.79 Å². The summed E-state index contributed by atoms with van der Waals surface area (Å²) in [6, 6.07) is 7.11. The number of amides is 1. The monoisotopic (exact) mass is 236 g/mol. The number of ether oxygens (including phenoxy) is 1. The van der Waals surface area contributed by atoms with Gasteiger partial charge in [0.15, 0.2) is 0 Å². The molecule has 0 radical (unpaired) electrons. The Morgan fingerprint density at radius 2 is 2.06 bits per heavy atom. The maximum absolute atomic E-state index is 11.4. The molecule has 17 heavy (non-hydrogen) atoms. The van der Waals surface area contributed by atoms with Crippen molar-refractivity contribution in [1.82, 2.24) is 0 Å². The number of carbonyl (C=O) groups is 1. The van der Waals surface area contributed by atoms with Crippen LogP contribution in [0, 0.1) is 5.92 Å². The van der Waals surface area contributed by atoms with E-state index in [-0.39, 0.29) is 11.9 Å². The van der Waals surface area contributed by atoms with Gasteiger partial charge >= 0.3 is 0 Å². The highest BCUT2D eigenvalue weighted by Gasteiger charge is 2.17. The van der Waals surface area contributed by atoms with Crippen LogP contribution < -0.4 is 15.8 Å². The van der Waals surface area contributed by atoms with Crippen molar-refractivity contribution in [2.75, 3.05) is 12.4 Å². The Balaban J connectivity index is 2.82. The number of anilines is 1. The van der Waals surface area contributed by atoms with E-state index >= 15 is 0 Å². The van der Waals surface area contributed by atoms with E-state index in [4.69, 9.17) is 10.5 Å². The number of nitrogens with one attached hydrogen (secondary N) is 1. The Morgan fingerprint density at radius 3 is 2.59 bits per heavy atom. The fourth-order valence-corrected chi connectivity index (χ4v) is 1.67. The first-order chi connectivity index (χ1) is 8.04. The van der Waals surface area contributed by atoms with Crippen LogP contribution in [0.2, 0.25) is 0 Å². The zero-order valence-electron chi connectivity index (χ0n) is 10.6. The number of rotatable bonds is 6. The molecule has 0 aromatic heterocycles. The van der Waals surface area contributed by atoms with Crippen molar-refractivity contribution < 1.29 is 9.53 Å². The third-order valence-electron chi connectivity index (χ3n) is 2.49. The third-order valence-corrected chi connectivity index (χ3v) is 2.49. The molecule has 0 fully saturated rings. The lowest BCUT2D eigenvalue weighted by atomic mass is 10.0. The van der Waals surface area contributed by atoms with Gasteiger partial charge in [0.25, 0.3) is 0 Å². The predicted octanol–water partition coefficient (Wildman–Crippen LogP) is 2.01. The zero-order chi connectivity index (χ0) is 12.8. The number of para-hydroxylation sites is 2. The minimum atomic E-state index is -0.369. The molecule has 4 nitrogen and oxygen atoms in total. The normalized spacial score (nSPS) is 12.2. The molecular formula is C13H20N2O2. The molecule has 1 aromatic carbocycles. The van der Waals surface area contributed by atoms with Crippen molar-refractivity contribution in [3.63, 3.8) is 0 Å². The van der Waals surface area contributed by atoms with Crippen molar-refractivity contribution in [3.05, 3.63) is 24.3 Å². The standard InChI is InChI=1S/C13H20N2O2/c1-9(2)8-11(13(14)16)15-10-6-4-5-7-12(10)17-3/h4-7,9,11,15H,8H2,1-3H3,(H2,14,16). The molecule has 1 aromatic rings. The summed E-state index contributed by atoms with van der Waals surface area (Å²) >= 11 is 0. The summed E-state index contributed by atoms with van der Waals surface area (Å²) in [7, 11) is 1.60. The largest absolute Gasteiger partial charge is 0.495 e. The van der Waals surface area contributed by atoms with Gasteiger partial charge in [-0.05, 0) is 24.5 Å². The van der Waals surface area contributed by atoms with Gasteiger partial charge in [-0.25, -0.2) is 0 Å². The fourth-order valence-electron chi connectivity index (χ4n) is 1.67. The van der Waals surface area contributed by atoms with Crippen LogP contribution in [-0.4, -0.2) is 19.1 Å². The number of primary amides is 1. The Bertz CT molecular complexity index is 377. The van der Waals surface area contributed by atoms with Crippen LogP contribution in [0.15, 0.2) is 24.3 Å². The van der Waals surface area contributed by atoms with E-state index in [0.29, 0.717) is 18.1 Å². The molecule has 0 aliphatic rings. The van der Waals surface area contributed by atoms with Gasteiger partial charge in [-0.1, -0.05) is 26.0 Å². The Labute approximate surface area is 102 Å². The van der Waals surface area contributed by atoms with Crippen LogP contribution in [-0.2, 0) is 4.79 Å². The van der Waals surface area contributed by atoms with E-state index in [0.717, 1.165) is 5.69 Å². The van der Waals surface area contributed by atoms with Crippen molar-refractivity contribution in [3.8, 4) is 5.75 Å². The molecule has 1 rings (SSSR count). The third kappa shape index (κ3) is 3.98. The quantitative estimate of drug-likeness (QED) is 0.794. The van der Waals surface area contributed by atoms with Crippen LogP contribution >= 0.6 is 0 Å². The Morgan fingerprint density at radius 1 is 1.41 bits per heavy atom. The summed E-state index contributed by atoms with van der Waals surface area (Å²) < 4.78 is 5.22. The smallest absolute Gasteiger partial charge is 0.239 e. The maximum Gasteiger partial charge on any atom is 0.239 e. The van der Waals surface area contributed by atoms with Crippen molar-refractivity contribution in [2.24, 2.45) is 11.7 Å². The molecular weight excluding hydrogens is 216 g/mol. The Hall–Kier alpha value is -1.71. The number of benzene rings is 1. The first-order valence-corrected chi connectivity index (χ1v) is 5.73. The molecule has 3 N–H and O–H groups in total. The second-order valence-corrected chi connectivity index (χ2v) is 4.43. The van der Waals surface area contributed by atoms with E-state index in [1.54, 1.807) is 7.11 Å². The first-order valence-electron chi connectivity index (χ1n) is 5.73. The van der Waals surface area contributed by atoms with E-state index in [1.165, 1.54) is 0 Å². The van der Waals surface area contributed by atoms with Crippen molar-refractivity contribution >= 4 is 11.6 Å². The highest BCUT2D eigenvalue weighted by molar-refractivity contribution is 5.83. The van der Waals surface area contributed by atoms with Crippen molar-refractivity contribution in [2.45, 2.75) is 26.3 Å². The average molecular weight is 236 g/mol. The maximum atomic E-state index is 11.4. The zero-order valence-corrected chi connectivity index (χ0v) is 10.6. The summed E-state index contributed by atoms with van der Waals surface area (Å²) in [5.41, 5.74) is 6.17. The van der Waals surface area contributed by atoms with Crippen LogP contribution in [0.5, 0.6) is 5.75 Å². The molecule has 0 aliphatic heterocycles. The number of methoxy groups -OCH3 is 1. The number of hydrogen-bond acceptors (Lipinski definition) is 3. The second kappa shape index (κ2) is 6.13. The van der Waals surface area contributed by atoms with E-state index in [1.807, 2.05) is 24.3 Å². The summed E-state index contributed by atoms with van der Waals surface area (Å²) in [4.78, 5) is 11.4. The summed E-state index contributed by atoms with van der Waals surface area (Å²) in [5, 5.41) is 3.13. The van der Waals surface area contributed by atoms with E-state index < -0.39 is 0 Å². The first kappa shape index (κ1) is 13.4. The van der Waals surface area contributed by atoms with Crippen LogP contribution in [0.3, 0.4) is 0 Å². The summed E-state index contributed by atoms with van der Waals surface area (Å²) in [6.07, 6.45) is 0.702. The number of carbonyl (C=O) groups excluding carboxylic acids is 1. The SMILES string of the molecule is COc1ccccc1NC(CC(C)C)C(N)=O. The summed E-state index contributed by atoms with van der Waals surface area (Å²) in [5.74, 6) is 0.766. The molecule has 1 atom stereocenters. The topological polar surface area (TPSA) is 64.3 Å². The van der Waals surface area contributed by atoms with Gasteiger partial charge in [0.1, 0.15) is 11.8 Å². The molecule has 4 heteroatoms. The Kier molecular flexibility index (Phi) is 4.82. The molecule has 1 unspecified atom stereocenters. The highest BCUT2D eigenvalue weighted by atomic mass is 16.5. The molecule has 0 spiro atoms. The average Bonchev–Trinajstić information content (AvgIpc) is 2.28. The molecule has 0 bridgehead atoms. The fraction of sp³-hybridized carbons (Fsp3) is 0.462. The van der Waals surface area contributed by atoms with Gasteiger partial charge in [0.05, 0.1) is 12.8 Å². The van der Waals surface area contributed by atoms with E-state index in [9.17, 15) is 4.79 Å². The highest BCUT2D eigenvalue weighted by Crippen LogP contribution is 2.24. The molecule has 0 heterocycles. The number of nitrogens with two attached hydrogens (primary N) is 1. The number of hydrogen-bond donors (Lipinski definition) is 2. The summed E-state index contributed by atoms with van der Waals surface area (Å²) in [6.45, 7) is 4.11. The van der Waals surface area contributed by atoms with Crippen molar-refractivity contribution in [1.29, 1.82) is 0 Å². The lowest BCUT2D eigenvalue weighted by molar-refractivity contribution is -0.119. The molecule has 0 aliphatic carbocycles. The second-order valence-electron chi connectivity index (χ2n) is 4.43. The van der Waals surface area contributed by atoms with Gasteiger partial charge < -0.3 is 15.8 Å². The van der Waals surface area contributed by atoms with Crippen LogP contribution in [0.1, 0.15) is 20.3 Å². The van der Waals surface area contributed by atoms with Gasteiger partial charge in [0, 0.05) is 0 Å². The molecule has 94 valence electrons. The van der Waals surface area contributed by atoms with Gasteiger partial charge in [-0.2, -0.15) is 0 Å². The molecule has 0 saturated heterocycles. The minimum Gasteiger partial charge on any atom is -0.495 e. The van der Waals surface area contributed by atoms with Gasteiger partial charge in [-0.15, -0.1) is 0 Å². The minimum absolute atomic E-state index is 0.343. The van der Waals surface area contributed by atoms with Crippen LogP contribution in [0.4, 0.5) is 5.69 Å². The lowest BCUT2D eigenvalue weighted by Gasteiger charge is -2.20. The van der Waals surface area contributed by atoms with Crippen LogP contribution in [0.25, 0.3) is 0 Å². The van der Waals surface area contributed by atoms with E-state index in [2.05, 4.69) is 19.2 Å². The molecule has 1 amide bonds. The lowest BCUT2D eigenvalue weighted by Crippen LogP contribution is -2.36. The van der Waals surface area contributed by atoms with Gasteiger partial charge in [0.2, 0.25) is 5.91 Å². The molecule has 0 saturated carbocycles.